The Morgan fingerprint density at radius 3 is 2.68 bits per heavy atom. The van der Waals surface area contributed by atoms with Crippen LogP contribution in [0.25, 0.3) is 27.8 Å². The van der Waals surface area contributed by atoms with E-state index in [-0.39, 0.29) is 21.9 Å². The molecule has 5 rings (SSSR count). The van der Waals surface area contributed by atoms with E-state index in [2.05, 4.69) is 14.8 Å². The Balaban J connectivity index is 1.63. The summed E-state index contributed by atoms with van der Waals surface area (Å²) in [5, 5.41) is 14.8. The van der Waals surface area contributed by atoms with Gasteiger partial charge in [-0.25, -0.2) is 18.2 Å². The van der Waals surface area contributed by atoms with Crippen molar-refractivity contribution in [2.75, 3.05) is 4.72 Å². The van der Waals surface area contributed by atoms with Gasteiger partial charge in [0.15, 0.2) is 17.2 Å². The lowest BCUT2D eigenvalue weighted by Crippen LogP contribution is -2.17. The van der Waals surface area contributed by atoms with E-state index in [0.717, 1.165) is 27.6 Å². The number of hydrogen-bond donors (Lipinski definition) is 2. The second kappa shape index (κ2) is 7.57. The van der Waals surface area contributed by atoms with Crippen molar-refractivity contribution in [3.63, 3.8) is 0 Å². The predicted octanol–water partition coefficient (Wildman–Crippen LogP) is 3.45. The Hall–Kier alpha value is -4.43. The number of aromatic nitrogens is 4. The molecule has 11 heteroatoms. The van der Waals surface area contributed by atoms with Gasteiger partial charge >= 0.3 is 5.76 Å². The number of anilines is 1. The normalized spacial score (nSPS) is 11.7. The molecule has 2 N–H and O–H groups in total. The van der Waals surface area contributed by atoms with Gasteiger partial charge in [-0.15, -0.1) is 0 Å². The zero-order valence-corrected chi connectivity index (χ0v) is 19.2. The van der Waals surface area contributed by atoms with E-state index >= 15 is 0 Å². The Morgan fingerprint density at radius 2 is 1.91 bits per heavy atom. The maximum atomic E-state index is 13.2. The number of nitrogens with one attached hydrogen (secondary N) is 2. The fourth-order valence-electron chi connectivity index (χ4n) is 3.92. The number of hydrogen-bond acceptors (Lipinski definition) is 7. The minimum absolute atomic E-state index is 0.0259. The van der Waals surface area contributed by atoms with Gasteiger partial charge in [-0.1, -0.05) is 11.6 Å². The number of benzene rings is 2. The summed E-state index contributed by atoms with van der Waals surface area (Å²) in [4.78, 5) is 18.4. The first-order valence-electron chi connectivity index (χ1n) is 10.2. The standard InChI is InChI=1S/C23H18N6O4S/c1-12-6-14(3)21-17(7-12)13(2)8-20(27-21)29-22(15(10-24)11-25-29)28-34(31,32)16-4-5-18-19(9-16)33-23(30)26-18/h4-9,11,28H,1-3H3,(H,26,30). The lowest BCUT2D eigenvalue weighted by molar-refractivity contribution is 0.554. The number of nitrogens with zero attached hydrogens (tertiary/aromatic N) is 4. The molecule has 0 aliphatic heterocycles. The lowest BCUT2D eigenvalue weighted by Gasteiger charge is -2.13. The molecular weight excluding hydrogens is 456 g/mol. The predicted molar refractivity (Wildman–Crippen MR) is 125 cm³/mol. The Kier molecular flexibility index (Phi) is 4.77. The Morgan fingerprint density at radius 1 is 1.12 bits per heavy atom. The van der Waals surface area contributed by atoms with E-state index < -0.39 is 15.8 Å². The van der Waals surface area contributed by atoms with Crippen molar-refractivity contribution >= 4 is 37.8 Å². The number of aromatic amines is 1. The summed E-state index contributed by atoms with van der Waals surface area (Å²) < 4.78 is 35.0. The van der Waals surface area contributed by atoms with Gasteiger partial charge in [0.25, 0.3) is 10.0 Å². The van der Waals surface area contributed by atoms with Gasteiger partial charge in [0.2, 0.25) is 0 Å². The van der Waals surface area contributed by atoms with Gasteiger partial charge in [-0.3, -0.25) is 9.71 Å². The van der Waals surface area contributed by atoms with Crippen LogP contribution in [0.1, 0.15) is 22.3 Å². The van der Waals surface area contributed by atoms with E-state index in [1.54, 1.807) is 6.07 Å². The molecule has 0 aliphatic carbocycles. The molecule has 0 aliphatic rings. The molecule has 170 valence electrons. The van der Waals surface area contributed by atoms with Crippen LogP contribution in [0.5, 0.6) is 0 Å². The number of rotatable bonds is 4. The highest BCUT2D eigenvalue weighted by atomic mass is 32.2. The number of aryl methyl sites for hydroxylation is 3. The number of pyridine rings is 1. The molecule has 0 radical (unpaired) electrons. The summed E-state index contributed by atoms with van der Waals surface area (Å²) in [6, 6.07) is 11.8. The molecule has 3 heterocycles. The molecule has 0 unspecified atom stereocenters. The van der Waals surface area contributed by atoms with Crippen LogP contribution in [0.4, 0.5) is 5.82 Å². The third-order valence-corrected chi connectivity index (χ3v) is 6.82. The summed E-state index contributed by atoms with van der Waals surface area (Å²) in [5.41, 5.74) is 4.26. The first kappa shape index (κ1) is 21.4. The van der Waals surface area contributed by atoms with E-state index in [0.29, 0.717) is 11.3 Å². The van der Waals surface area contributed by atoms with Crippen LogP contribution in [-0.2, 0) is 10.0 Å². The van der Waals surface area contributed by atoms with Gasteiger partial charge in [-0.05, 0) is 56.2 Å². The molecule has 0 fully saturated rings. The maximum Gasteiger partial charge on any atom is 0.417 e. The van der Waals surface area contributed by atoms with Crippen molar-refractivity contribution < 1.29 is 12.8 Å². The van der Waals surface area contributed by atoms with Crippen molar-refractivity contribution in [3.8, 4) is 11.9 Å². The van der Waals surface area contributed by atoms with Crippen LogP contribution in [0.15, 0.2) is 56.7 Å². The maximum absolute atomic E-state index is 13.2. The summed E-state index contributed by atoms with van der Waals surface area (Å²) in [6.45, 7) is 5.90. The number of sulfonamides is 1. The smallest absolute Gasteiger partial charge is 0.408 e. The molecule has 2 aromatic carbocycles. The van der Waals surface area contributed by atoms with Crippen LogP contribution in [0.3, 0.4) is 0 Å². The third-order valence-electron chi connectivity index (χ3n) is 5.48. The van der Waals surface area contributed by atoms with Gasteiger partial charge in [-0.2, -0.15) is 15.0 Å². The summed E-state index contributed by atoms with van der Waals surface area (Å²) in [5.74, 6) is -0.372. The van der Waals surface area contributed by atoms with Crippen LogP contribution < -0.4 is 10.5 Å². The van der Waals surface area contributed by atoms with Crippen molar-refractivity contribution in [1.82, 2.24) is 19.7 Å². The minimum atomic E-state index is -4.16. The van der Waals surface area contributed by atoms with E-state index in [4.69, 9.17) is 9.40 Å². The Labute approximate surface area is 193 Å². The molecule has 0 saturated heterocycles. The number of fused-ring (bicyclic) bond motifs is 2. The summed E-state index contributed by atoms with van der Waals surface area (Å²) in [6.07, 6.45) is 1.27. The molecule has 0 atom stereocenters. The van der Waals surface area contributed by atoms with Gasteiger partial charge in [0.05, 0.1) is 22.1 Å². The molecule has 10 nitrogen and oxygen atoms in total. The largest absolute Gasteiger partial charge is 0.417 e. The zero-order chi connectivity index (χ0) is 24.2. The molecule has 0 spiro atoms. The van der Waals surface area contributed by atoms with Gasteiger partial charge in [0.1, 0.15) is 11.6 Å². The molecule has 3 aromatic heterocycles. The fraction of sp³-hybridized carbons (Fsp3) is 0.130. The topological polar surface area (TPSA) is 147 Å². The monoisotopic (exact) mass is 474 g/mol. The van der Waals surface area contributed by atoms with Crippen molar-refractivity contribution in [3.05, 3.63) is 75.4 Å². The molecule has 0 bridgehead atoms. The SMILES string of the molecule is Cc1cc(C)c2nc(-n3ncc(C#N)c3NS(=O)(=O)c3ccc4[nH]c(=O)oc4c3)cc(C)c2c1. The third kappa shape index (κ3) is 3.50. The van der Waals surface area contributed by atoms with Crippen LogP contribution in [0.2, 0.25) is 0 Å². The van der Waals surface area contributed by atoms with Crippen LogP contribution in [0, 0.1) is 32.1 Å². The first-order chi connectivity index (χ1) is 16.2. The van der Waals surface area contributed by atoms with E-state index in [1.165, 1.54) is 29.1 Å². The highest BCUT2D eigenvalue weighted by molar-refractivity contribution is 7.92. The molecule has 0 amide bonds. The van der Waals surface area contributed by atoms with Gasteiger partial charge in [0, 0.05) is 11.5 Å². The lowest BCUT2D eigenvalue weighted by atomic mass is 10.0. The fourth-order valence-corrected chi connectivity index (χ4v) is 5.00. The summed E-state index contributed by atoms with van der Waals surface area (Å²) in [7, 11) is -4.16. The highest BCUT2D eigenvalue weighted by Gasteiger charge is 2.23. The number of oxazole rings is 1. The number of nitriles is 1. The minimum Gasteiger partial charge on any atom is -0.408 e. The first-order valence-corrected chi connectivity index (χ1v) is 11.7. The van der Waals surface area contributed by atoms with E-state index in [9.17, 15) is 18.5 Å². The molecular formula is C23H18N6O4S. The second-order valence-corrected chi connectivity index (χ2v) is 9.67. The van der Waals surface area contributed by atoms with Crippen molar-refractivity contribution in [2.24, 2.45) is 0 Å². The quantitative estimate of drug-likeness (QED) is 0.405. The van der Waals surface area contributed by atoms with Gasteiger partial charge < -0.3 is 4.42 Å². The number of H-pyrrole nitrogens is 1. The zero-order valence-electron chi connectivity index (χ0n) is 18.4. The van der Waals surface area contributed by atoms with Crippen molar-refractivity contribution in [1.29, 1.82) is 5.26 Å². The average Bonchev–Trinajstić information content (AvgIpc) is 3.35. The van der Waals surface area contributed by atoms with Crippen LogP contribution >= 0.6 is 0 Å². The Bertz CT molecular complexity index is 1820. The molecule has 5 aromatic rings. The van der Waals surface area contributed by atoms with E-state index in [1.807, 2.05) is 39.0 Å². The molecule has 34 heavy (non-hydrogen) atoms. The molecule has 0 saturated carbocycles. The van der Waals surface area contributed by atoms with Crippen molar-refractivity contribution in [2.45, 2.75) is 25.7 Å². The summed E-state index contributed by atoms with van der Waals surface area (Å²) >= 11 is 0. The van der Waals surface area contributed by atoms with Crippen LogP contribution in [-0.4, -0.2) is 28.2 Å². The second-order valence-electron chi connectivity index (χ2n) is 7.98. The average molecular weight is 475 g/mol. The highest BCUT2D eigenvalue weighted by Crippen LogP contribution is 2.28.